The van der Waals surface area contributed by atoms with Gasteiger partial charge in [-0.15, -0.1) is 0 Å². The third-order valence-corrected chi connectivity index (χ3v) is 6.73. The van der Waals surface area contributed by atoms with Crippen LogP contribution in [0.1, 0.15) is 42.6 Å². The Bertz CT molecular complexity index is 1410. The Morgan fingerprint density at radius 2 is 1.97 bits per heavy atom. The summed E-state index contributed by atoms with van der Waals surface area (Å²) in [5.74, 6) is 1.01. The van der Waals surface area contributed by atoms with Crippen LogP contribution in [0.4, 0.5) is 13.2 Å². The minimum absolute atomic E-state index is 0.104. The Labute approximate surface area is 208 Å². The quantitative estimate of drug-likeness (QED) is 0.294. The summed E-state index contributed by atoms with van der Waals surface area (Å²) >= 11 is 3.07. The first-order chi connectivity index (χ1) is 16.7. The van der Waals surface area contributed by atoms with Gasteiger partial charge in [-0.2, -0.15) is 18.3 Å². The molecule has 3 heterocycles. The summed E-state index contributed by atoms with van der Waals surface area (Å²) in [4.78, 5) is 12.6. The lowest BCUT2D eigenvalue weighted by molar-refractivity contribution is -0.141. The summed E-state index contributed by atoms with van der Waals surface area (Å²) in [5.41, 5.74) is 3.13. The highest BCUT2D eigenvalue weighted by Gasteiger charge is 2.38. The first-order valence-electron chi connectivity index (χ1n) is 11.0. The van der Waals surface area contributed by atoms with Gasteiger partial charge in [0.1, 0.15) is 22.4 Å². The predicted octanol–water partition coefficient (Wildman–Crippen LogP) is 6.06. The summed E-state index contributed by atoms with van der Waals surface area (Å²) in [6.07, 6.45) is 0.802. The van der Waals surface area contributed by atoms with Crippen molar-refractivity contribution in [3.8, 4) is 34.2 Å². The van der Waals surface area contributed by atoms with Gasteiger partial charge in [-0.25, -0.2) is 19.6 Å². The Balaban J connectivity index is 1.59. The highest BCUT2D eigenvalue weighted by Crippen LogP contribution is 2.45. The fraction of sp³-hybridized carbons (Fsp3) is 0.292. The van der Waals surface area contributed by atoms with E-state index in [-0.39, 0.29) is 10.4 Å². The zero-order chi connectivity index (χ0) is 24.9. The Hall–Kier alpha value is -3.21. The fourth-order valence-electron chi connectivity index (χ4n) is 4.07. The molecule has 181 valence electrons. The first kappa shape index (κ1) is 23.5. The van der Waals surface area contributed by atoms with Crippen molar-refractivity contribution in [2.45, 2.75) is 38.4 Å². The van der Waals surface area contributed by atoms with Crippen LogP contribution in [0, 0.1) is 6.92 Å². The molecule has 0 bridgehead atoms. The second-order valence-corrected chi connectivity index (χ2v) is 8.97. The van der Waals surface area contributed by atoms with Gasteiger partial charge >= 0.3 is 6.18 Å². The number of aromatic nitrogens is 6. The van der Waals surface area contributed by atoms with Crippen molar-refractivity contribution in [1.82, 2.24) is 29.3 Å². The van der Waals surface area contributed by atoms with Crippen LogP contribution in [0.3, 0.4) is 0 Å². The lowest BCUT2D eigenvalue weighted by atomic mass is 10.1. The Morgan fingerprint density at radius 3 is 2.63 bits per heavy atom. The van der Waals surface area contributed by atoms with Crippen LogP contribution in [-0.2, 0) is 12.7 Å². The molecule has 0 saturated heterocycles. The molecule has 5 rings (SSSR count). The number of ether oxygens (including phenoxy) is 1. The Morgan fingerprint density at radius 1 is 1.20 bits per heavy atom. The van der Waals surface area contributed by atoms with E-state index < -0.39 is 11.9 Å². The van der Waals surface area contributed by atoms with Gasteiger partial charge in [-0.05, 0) is 60.3 Å². The number of alkyl halides is 3. The minimum atomic E-state index is -4.57. The maximum Gasteiger partial charge on any atom is 0.436 e. The number of hydrogen-bond acceptors (Lipinski definition) is 5. The van der Waals surface area contributed by atoms with Crippen molar-refractivity contribution in [1.29, 1.82) is 0 Å². The predicted molar refractivity (Wildman–Crippen MR) is 127 cm³/mol. The Kier molecular flexibility index (Phi) is 5.90. The molecule has 3 aromatic heterocycles. The topological polar surface area (TPSA) is 70.7 Å². The van der Waals surface area contributed by atoms with E-state index in [0.29, 0.717) is 40.9 Å². The largest absolute Gasteiger partial charge is 0.480 e. The van der Waals surface area contributed by atoms with Gasteiger partial charge in [-0.3, -0.25) is 0 Å². The van der Waals surface area contributed by atoms with Gasteiger partial charge in [0, 0.05) is 24.2 Å². The zero-order valence-electron chi connectivity index (χ0n) is 19.0. The molecule has 4 aromatic rings. The van der Waals surface area contributed by atoms with Gasteiger partial charge in [0.2, 0.25) is 5.88 Å². The zero-order valence-corrected chi connectivity index (χ0v) is 20.6. The smallest absolute Gasteiger partial charge is 0.436 e. The number of nitrogens with zero attached hydrogens (tertiary/aromatic N) is 6. The summed E-state index contributed by atoms with van der Waals surface area (Å²) in [6, 6.07) is 7.02. The molecule has 1 saturated carbocycles. The highest BCUT2D eigenvalue weighted by molar-refractivity contribution is 9.10. The summed E-state index contributed by atoms with van der Waals surface area (Å²) in [7, 11) is 1.56. The average molecular weight is 546 g/mol. The number of rotatable bonds is 6. The van der Waals surface area contributed by atoms with Crippen LogP contribution < -0.4 is 4.74 Å². The average Bonchev–Trinajstić information content (AvgIpc) is 3.46. The van der Waals surface area contributed by atoms with E-state index in [2.05, 4.69) is 37.8 Å². The van der Waals surface area contributed by atoms with Crippen molar-refractivity contribution in [2.75, 3.05) is 7.11 Å². The molecule has 1 aliphatic carbocycles. The summed E-state index contributed by atoms with van der Waals surface area (Å²) in [5, 5.41) is 4.73. The molecule has 1 aliphatic rings. The van der Waals surface area contributed by atoms with E-state index in [1.54, 1.807) is 43.1 Å². The van der Waals surface area contributed by atoms with Crippen LogP contribution in [0.5, 0.6) is 5.88 Å². The molecule has 7 nitrogen and oxygen atoms in total. The molecule has 0 amide bonds. The summed E-state index contributed by atoms with van der Waals surface area (Å²) in [6.45, 7) is 6.15. The van der Waals surface area contributed by atoms with Crippen molar-refractivity contribution in [3.63, 3.8) is 0 Å². The fourth-order valence-corrected chi connectivity index (χ4v) is 4.81. The molecule has 1 fully saturated rings. The van der Waals surface area contributed by atoms with Gasteiger partial charge in [0.15, 0.2) is 5.69 Å². The van der Waals surface area contributed by atoms with Gasteiger partial charge in [0.25, 0.3) is 0 Å². The maximum atomic E-state index is 13.5. The van der Waals surface area contributed by atoms with Crippen LogP contribution >= 0.6 is 15.9 Å². The van der Waals surface area contributed by atoms with Crippen molar-refractivity contribution in [2.24, 2.45) is 0 Å². The second-order valence-electron chi connectivity index (χ2n) is 8.22. The molecule has 0 spiro atoms. The first-order valence-corrected chi connectivity index (χ1v) is 11.8. The minimum Gasteiger partial charge on any atom is -0.480 e. The van der Waals surface area contributed by atoms with E-state index in [1.165, 1.54) is 10.9 Å². The molecule has 35 heavy (non-hydrogen) atoms. The van der Waals surface area contributed by atoms with Gasteiger partial charge in [0.05, 0.1) is 24.1 Å². The highest BCUT2D eigenvalue weighted by atomic mass is 79.9. The molecule has 1 aromatic carbocycles. The second kappa shape index (κ2) is 8.78. The van der Waals surface area contributed by atoms with E-state index in [4.69, 9.17) is 9.84 Å². The third-order valence-electron chi connectivity index (χ3n) is 5.93. The number of hydrogen-bond donors (Lipinski definition) is 0. The summed E-state index contributed by atoms with van der Waals surface area (Å²) < 4.78 is 48.9. The molecule has 1 radical (unpaired) electrons. The monoisotopic (exact) mass is 545 g/mol. The van der Waals surface area contributed by atoms with Crippen molar-refractivity contribution in [3.05, 3.63) is 65.3 Å². The number of halogens is 4. The van der Waals surface area contributed by atoms with Crippen molar-refractivity contribution >= 4 is 15.9 Å². The standard InChI is InChI=1S/C24H21BrF3N6O/c1-4-33-21(25)20(24(26,27)28)31-22(33)15-6-5-13(2)17(11-15)34-10-9-16(32-34)18-19(14-7-8-14)29-12-30-23(18)35-3/h5-6,9-12,14H,2,4,7-8H2,1,3H3. The number of benzene rings is 1. The SMILES string of the molecule is [CH2]c1ccc(-c2nc(C(F)(F)F)c(Br)n2CC)cc1-n1ccc(-c2c(OC)ncnc2C2CC2)n1. The van der Waals surface area contributed by atoms with E-state index in [1.807, 2.05) is 6.07 Å². The lowest BCUT2D eigenvalue weighted by Crippen LogP contribution is -2.06. The number of imidazole rings is 1. The molecule has 0 aliphatic heterocycles. The molecular weight excluding hydrogens is 525 g/mol. The van der Waals surface area contributed by atoms with Crippen LogP contribution in [0.25, 0.3) is 28.3 Å². The molecule has 11 heteroatoms. The van der Waals surface area contributed by atoms with Crippen LogP contribution in [0.2, 0.25) is 0 Å². The van der Waals surface area contributed by atoms with Crippen LogP contribution in [0.15, 0.2) is 41.4 Å². The molecule has 0 unspecified atom stereocenters. The number of methoxy groups -OCH3 is 1. The van der Waals surface area contributed by atoms with Gasteiger partial charge < -0.3 is 9.30 Å². The van der Waals surface area contributed by atoms with E-state index in [0.717, 1.165) is 24.1 Å². The lowest BCUT2D eigenvalue weighted by Gasteiger charge is -2.11. The molecular formula is C24H21BrF3N6O. The normalized spacial score (nSPS) is 13.9. The third kappa shape index (κ3) is 4.22. The van der Waals surface area contributed by atoms with E-state index >= 15 is 0 Å². The van der Waals surface area contributed by atoms with E-state index in [9.17, 15) is 13.2 Å². The maximum absolute atomic E-state index is 13.5. The van der Waals surface area contributed by atoms with Gasteiger partial charge in [-0.1, -0.05) is 12.1 Å². The van der Waals surface area contributed by atoms with Crippen LogP contribution in [-0.4, -0.2) is 36.4 Å². The van der Waals surface area contributed by atoms with Crippen molar-refractivity contribution < 1.29 is 17.9 Å². The molecule has 0 N–H and O–H groups in total. The molecule has 0 atom stereocenters.